The largest absolute Gasteiger partial charge is 0.356 e. The molecule has 1 aliphatic rings. The van der Waals surface area contributed by atoms with Crippen molar-refractivity contribution in [2.75, 3.05) is 23.3 Å². The van der Waals surface area contributed by atoms with Gasteiger partial charge < -0.3 is 10.2 Å². The van der Waals surface area contributed by atoms with Crippen LogP contribution in [0, 0.1) is 5.92 Å². The van der Waals surface area contributed by atoms with Crippen molar-refractivity contribution in [3.05, 3.63) is 49.4 Å². The van der Waals surface area contributed by atoms with Gasteiger partial charge in [0, 0.05) is 31.3 Å². The molecule has 4 rings (SSSR count). The molecule has 0 saturated carbocycles. The van der Waals surface area contributed by atoms with Gasteiger partial charge in [-0.3, -0.25) is 4.79 Å². The Kier molecular flexibility index (Phi) is 4.50. The van der Waals surface area contributed by atoms with E-state index in [9.17, 15) is 4.79 Å². The number of pyridine rings is 1. The molecule has 9 nitrogen and oxygen atoms in total. The number of hydrogen-bond donors (Lipinski definition) is 1. The maximum absolute atomic E-state index is 12.4. The van der Waals surface area contributed by atoms with Gasteiger partial charge in [-0.15, -0.1) is 0 Å². The third-order valence-electron chi connectivity index (χ3n) is 4.40. The van der Waals surface area contributed by atoms with Crippen molar-refractivity contribution in [3.8, 4) is 5.82 Å². The average molecular weight is 350 g/mol. The number of rotatable bonds is 4. The summed E-state index contributed by atoms with van der Waals surface area (Å²) in [5, 5.41) is 6.97. The number of amides is 1. The topological polar surface area (TPSA) is 102 Å². The molecule has 0 aromatic carbocycles. The Balaban J connectivity index is 1.38. The Hall–Kier alpha value is -3.36. The number of aromatic nitrogens is 6. The van der Waals surface area contributed by atoms with E-state index in [1.54, 1.807) is 23.3 Å². The first kappa shape index (κ1) is 16.1. The van der Waals surface area contributed by atoms with Gasteiger partial charge in [-0.1, -0.05) is 6.07 Å². The number of nitrogens with one attached hydrogen (secondary N) is 1. The molecule has 132 valence electrons. The van der Waals surface area contributed by atoms with Crippen LogP contribution in [0.15, 0.2) is 49.4 Å². The summed E-state index contributed by atoms with van der Waals surface area (Å²) in [6, 6.07) is 7.35. The van der Waals surface area contributed by atoms with Crippen LogP contribution in [0.1, 0.15) is 12.8 Å². The van der Waals surface area contributed by atoms with Crippen molar-refractivity contribution in [2.45, 2.75) is 12.8 Å². The Morgan fingerprint density at radius 1 is 1.08 bits per heavy atom. The molecule has 0 bridgehead atoms. The number of hydrogen-bond acceptors (Lipinski definition) is 7. The van der Waals surface area contributed by atoms with E-state index >= 15 is 0 Å². The van der Waals surface area contributed by atoms with Gasteiger partial charge in [0.1, 0.15) is 30.6 Å². The van der Waals surface area contributed by atoms with Crippen LogP contribution in [-0.4, -0.2) is 48.7 Å². The van der Waals surface area contributed by atoms with E-state index in [2.05, 4.69) is 35.3 Å². The highest BCUT2D eigenvalue weighted by atomic mass is 16.1. The van der Waals surface area contributed by atoms with Crippen LogP contribution in [0.5, 0.6) is 0 Å². The van der Waals surface area contributed by atoms with E-state index in [0.717, 1.165) is 31.7 Å². The molecule has 0 atom stereocenters. The number of anilines is 2. The zero-order chi connectivity index (χ0) is 17.8. The molecule has 1 saturated heterocycles. The van der Waals surface area contributed by atoms with Crippen molar-refractivity contribution in [3.63, 3.8) is 0 Å². The second-order valence-electron chi connectivity index (χ2n) is 6.04. The molecule has 1 aliphatic heterocycles. The lowest BCUT2D eigenvalue weighted by atomic mass is 9.96. The van der Waals surface area contributed by atoms with Crippen LogP contribution in [0.4, 0.5) is 11.6 Å². The molecule has 1 amide bonds. The lowest BCUT2D eigenvalue weighted by Crippen LogP contribution is -2.38. The van der Waals surface area contributed by atoms with Crippen molar-refractivity contribution in [1.82, 2.24) is 29.7 Å². The van der Waals surface area contributed by atoms with Gasteiger partial charge in [0.05, 0.1) is 0 Å². The molecule has 9 heteroatoms. The molecular formula is C17H18N8O. The van der Waals surface area contributed by atoms with Gasteiger partial charge in [-0.2, -0.15) is 5.10 Å². The van der Waals surface area contributed by atoms with Crippen LogP contribution in [-0.2, 0) is 4.79 Å². The van der Waals surface area contributed by atoms with Crippen LogP contribution < -0.4 is 10.2 Å². The molecule has 3 aromatic heterocycles. The number of nitrogens with zero attached hydrogens (tertiary/aromatic N) is 7. The van der Waals surface area contributed by atoms with Crippen LogP contribution >= 0.6 is 0 Å². The maximum Gasteiger partial charge on any atom is 0.228 e. The zero-order valence-electron chi connectivity index (χ0n) is 14.1. The van der Waals surface area contributed by atoms with Crippen molar-refractivity contribution >= 4 is 17.5 Å². The molecule has 1 fully saturated rings. The lowest BCUT2D eigenvalue weighted by Gasteiger charge is -2.32. The van der Waals surface area contributed by atoms with E-state index in [1.165, 1.54) is 12.7 Å². The van der Waals surface area contributed by atoms with E-state index in [1.807, 2.05) is 18.2 Å². The first-order valence-electron chi connectivity index (χ1n) is 8.43. The average Bonchev–Trinajstić information content (AvgIpc) is 3.24. The fourth-order valence-corrected chi connectivity index (χ4v) is 3.00. The molecule has 0 aliphatic carbocycles. The summed E-state index contributed by atoms with van der Waals surface area (Å²) >= 11 is 0. The number of carbonyl (C=O) groups excluding carboxylic acids is 1. The van der Waals surface area contributed by atoms with Crippen LogP contribution in [0.25, 0.3) is 5.82 Å². The summed E-state index contributed by atoms with van der Waals surface area (Å²) in [6.07, 6.45) is 7.78. The molecule has 1 N–H and O–H groups in total. The summed E-state index contributed by atoms with van der Waals surface area (Å²) in [5.74, 6) is 2.09. The Morgan fingerprint density at radius 3 is 2.65 bits per heavy atom. The normalized spacial score (nSPS) is 15.0. The van der Waals surface area contributed by atoms with E-state index in [-0.39, 0.29) is 11.8 Å². The summed E-state index contributed by atoms with van der Waals surface area (Å²) in [4.78, 5) is 31.2. The zero-order valence-corrected chi connectivity index (χ0v) is 14.1. The van der Waals surface area contributed by atoms with Crippen molar-refractivity contribution in [1.29, 1.82) is 0 Å². The molecule has 4 heterocycles. The minimum absolute atomic E-state index is 0.0225. The Morgan fingerprint density at radius 2 is 1.92 bits per heavy atom. The SMILES string of the molecule is O=C(Nc1ccccn1)C1CCN(c2cc(-n3cncn3)ncn2)CC1. The molecule has 0 radical (unpaired) electrons. The van der Waals surface area contributed by atoms with Gasteiger partial charge in [0.25, 0.3) is 0 Å². The molecule has 0 spiro atoms. The molecular weight excluding hydrogens is 332 g/mol. The van der Waals surface area contributed by atoms with Gasteiger partial charge in [-0.25, -0.2) is 24.6 Å². The predicted octanol–water partition coefficient (Wildman–Crippen LogP) is 1.31. The maximum atomic E-state index is 12.4. The highest BCUT2D eigenvalue weighted by Crippen LogP contribution is 2.23. The van der Waals surface area contributed by atoms with Crippen LogP contribution in [0.3, 0.4) is 0 Å². The van der Waals surface area contributed by atoms with Crippen molar-refractivity contribution in [2.24, 2.45) is 5.92 Å². The monoisotopic (exact) mass is 350 g/mol. The summed E-state index contributed by atoms with van der Waals surface area (Å²) in [6.45, 7) is 1.52. The third-order valence-corrected chi connectivity index (χ3v) is 4.40. The Labute approximate surface area is 150 Å². The quantitative estimate of drug-likeness (QED) is 0.757. The highest BCUT2D eigenvalue weighted by molar-refractivity contribution is 5.91. The summed E-state index contributed by atoms with van der Waals surface area (Å²) in [7, 11) is 0. The predicted molar refractivity (Wildman–Crippen MR) is 94.8 cm³/mol. The van der Waals surface area contributed by atoms with Gasteiger partial charge >= 0.3 is 0 Å². The second kappa shape index (κ2) is 7.26. The lowest BCUT2D eigenvalue weighted by molar-refractivity contribution is -0.120. The molecule has 26 heavy (non-hydrogen) atoms. The summed E-state index contributed by atoms with van der Waals surface area (Å²) < 4.78 is 1.60. The standard InChI is InChI=1S/C17H18N8O/c26-17(23-14-3-1-2-6-19-14)13-4-7-24(8-5-13)15-9-16(21-11-20-15)25-12-18-10-22-25/h1-3,6,9-13H,4-5,7-8H2,(H,19,23,26). The molecule has 0 unspecified atom stereocenters. The smallest absolute Gasteiger partial charge is 0.228 e. The van der Waals surface area contributed by atoms with E-state index < -0.39 is 0 Å². The van der Waals surface area contributed by atoms with Crippen LogP contribution in [0.2, 0.25) is 0 Å². The third kappa shape index (κ3) is 3.51. The Bertz CT molecular complexity index is 859. The van der Waals surface area contributed by atoms with Crippen molar-refractivity contribution < 1.29 is 4.79 Å². The highest BCUT2D eigenvalue weighted by Gasteiger charge is 2.26. The molecule has 3 aromatic rings. The fourth-order valence-electron chi connectivity index (χ4n) is 3.00. The van der Waals surface area contributed by atoms with Gasteiger partial charge in [-0.05, 0) is 25.0 Å². The first-order chi connectivity index (χ1) is 12.8. The summed E-state index contributed by atoms with van der Waals surface area (Å²) in [5.41, 5.74) is 0. The number of piperidine rings is 1. The first-order valence-corrected chi connectivity index (χ1v) is 8.43. The van der Waals surface area contributed by atoms with E-state index in [0.29, 0.717) is 11.6 Å². The second-order valence-corrected chi connectivity index (χ2v) is 6.04. The number of carbonyl (C=O) groups is 1. The minimum Gasteiger partial charge on any atom is -0.356 e. The minimum atomic E-state index is -0.0233. The van der Waals surface area contributed by atoms with E-state index in [4.69, 9.17) is 0 Å². The van der Waals surface area contributed by atoms with Gasteiger partial charge in [0.2, 0.25) is 5.91 Å². The van der Waals surface area contributed by atoms with Gasteiger partial charge in [0.15, 0.2) is 5.82 Å². The fraction of sp³-hybridized carbons (Fsp3) is 0.294.